The monoisotopic (exact) mass is 433 g/mol. The first kappa shape index (κ1) is 22.1. The van der Waals surface area contributed by atoms with E-state index in [4.69, 9.17) is 9.47 Å². The van der Waals surface area contributed by atoms with Crippen LogP contribution < -0.4 is 14.8 Å². The van der Waals surface area contributed by atoms with E-state index in [9.17, 15) is 13.2 Å². The molecule has 3 rings (SSSR count). The van der Waals surface area contributed by atoms with E-state index in [1.54, 1.807) is 49.6 Å². The van der Waals surface area contributed by atoms with E-state index < -0.39 is 10.0 Å². The number of rotatable bonds is 7. The lowest BCUT2D eigenvalue weighted by molar-refractivity contribution is -0.117. The fourth-order valence-electron chi connectivity index (χ4n) is 3.29. The lowest BCUT2D eigenvalue weighted by Gasteiger charge is -2.33. The summed E-state index contributed by atoms with van der Waals surface area (Å²) < 4.78 is 37.5. The maximum Gasteiger partial charge on any atom is 0.243 e. The molecule has 2 aromatic rings. The number of nitrogens with zero attached hydrogens (tertiary/aromatic N) is 2. The van der Waals surface area contributed by atoms with Gasteiger partial charge in [-0.2, -0.15) is 4.31 Å². The maximum absolute atomic E-state index is 12.8. The van der Waals surface area contributed by atoms with E-state index in [0.29, 0.717) is 48.3 Å². The van der Waals surface area contributed by atoms with Gasteiger partial charge in [-0.05, 0) is 31.2 Å². The Kier molecular flexibility index (Phi) is 6.96. The van der Waals surface area contributed by atoms with Gasteiger partial charge in [-0.1, -0.05) is 17.7 Å². The van der Waals surface area contributed by atoms with Gasteiger partial charge >= 0.3 is 0 Å². The van der Waals surface area contributed by atoms with E-state index in [-0.39, 0.29) is 12.5 Å². The Morgan fingerprint density at radius 3 is 2.27 bits per heavy atom. The molecular formula is C21H27N3O5S. The molecule has 8 nitrogen and oxygen atoms in total. The molecule has 1 aliphatic rings. The summed E-state index contributed by atoms with van der Waals surface area (Å²) in [6, 6.07) is 12.0. The average Bonchev–Trinajstić information content (AvgIpc) is 2.74. The van der Waals surface area contributed by atoms with Crippen molar-refractivity contribution in [3.63, 3.8) is 0 Å². The zero-order valence-electron chi connectivity index (χ0n) is 17.4. The zero-order chi connectivity index (χ0) is 21.7. The summed E-state index contributed by atoms with van der Waals surface area (Å²) in [5.41, 5.74) is 1.54. The molecule has 0 aliphatic carbocycles. The summed E-state index contributed by atoms with van der Waals surface area (Å²) in [5.74, 6) is 0.954. The number of methoxy groups -OCH3 is 2. The summed E-state index contributed by atoms with van der Waals surface area (Å²) in [7, 11) is -0.434. The van der Waals surface area contributed by atoms with Crippen molar-refractivity contribution in [1.29, 1.82) is 0 Å². The Morgan fingerprint density at radius 1 is 1.00 bits per heavy atom. The lowest BCUT2D eigenvalue weighted by atomic mass is 10.2. The molecule has 0 bridgehead atoms. The Bertz CT molecular complexity index is 984. The normalized spacial score (nSPS) is 15.6. The number of anilines is 1. The van der Waals surface area contributed by atoms with Gasteiger partial charge in [0.25, 0.3) is 0 Å². The van der Waals surface area contributed by atoms with Gasteiger partial charge in [0.1, 0.15) is 11.5 Å². The van der Waals surface area contributed by atoms with Crippen molar-refractivity contribution < 1.29 is 22.7 Å². The number of sulfonamides is 1. The molecular weight excluding hydrogens is 406 g/mol. The highest BCUT2D eigenvalue weighted by Crippen LogP contribution is 2.28. The molecule has 0 spiro atoms. The molecule has 1 N–H and O–H groups in total. The summed E-state index contributed by atoms with van der Waals surface area (Å²) >= 11 is 0. The van der Waals surface area contributed by atoms with Crippen molar-refractivity contribution in [2.24, 2.45) is 0 Å². The van der Waals surface area contributed by atoms with Crippen LogP contribution in [0.25, 0.3) is 0 Å². The van der Waals surface area contributed by atoms with Gasteiger partial charge in [0.15, 0.2) is 0 Å². The molecule has 0 aromatic heterocycles. The topological polar surface area (TPSA) is 88.2 Å². The highest BCUT2D eigenvalue weighted by atomic mass is 32.2. The quantitative estimate of drug-likeness (QED) is 0.718. The van der Waals surface area contributed by atoms with Gasteiger partial charge in [0, 0.05) is 32.2 Å². The fourth-order valence-corrected chi connectivity index (χ4v) is 4.71. The predicted octanol–water partition coefficient (Wildman–Crippen LogP) is 1.96. The number of benzene rings is 2. The van der Waals surface area contributed by atoms with Crippen LogP contribution in [0.1, 0.15) is 5.56 Å². The van der Waals surface area contributed by atoms with Crippen LogP contribution in [0.5, 0.6) is 11.5 Å². The van der Waals surface area contributed by atoms with Gasteiger partial charge in [0.2, 0.25) is 15.9 Å². The molecule has 1 heterocycles. The number of nitrogens with one attached hydrogen (secondary N) is 1. The van der Waals surface area contributed by atoms with Gasteiger partial charge < -0.3 is 14.8 Å². The van der Waals surface area contributed by atoms with E-state index in [2.05, 4.69) is 5.32 Å². The molecule has 0 unspecified atom stereocenters. The number of hydrogen-bond donors (Lipinski definition) is 1. The fraction of sp³-hybridized carbons (Fsp3) is 0.381. The molecule has 162 valence electrons. The van der Waals surface area contributed by atoms with E-state index in [1.165, 1.54) is 11.4 Å². The highest BCUT2D eigenvalue weighted by Gasteiger charge is 2.29. The van der Waals surface area contributed by atoms with Crippen LogP contribution in [0.4, 0.5) is 5.69 Å². The third-order valence-electron chi connectivity index (χ3n) is 5.04. The number of ether oxygens (including phenoxy) is 2. The molecule has 1 fully saturated rings. The number of carbonyl (C=O) groups is 1. The van der Waals surface area contributed by atoms with Crippen molar-refractivity contribution in [2.75, 3.05) is 52.3 Å². The van der Waals surface area contributed by atoms with E-state index in [1.807, 2.05) is 11.8 Å². The average molecular weight is 434 g/mol. The molecule has 2 aromatic carbocycles. The Balaban J connectivity index is 1.57. The predicted molar refractivity (Wildman–Crippen MR) is 115 cm³/mol. The Hall–Kier alpha value is -2.62. The summed E-state index contributed by atoms with van der Waals surface area (Å²) in [5, 5.41) is 2.84. The standard InChI is InChI=1S/C21H27N3O5S/c1-16-4-7-18(8-5-16)30(26,27)24-12-10-23(11-13-24)15-21(25)22-19-14-17(28-2)6-9-20(19)29-3/h4-9,14H,10-13,15H2,1-3H3,(H,22,25). The van der Waals surface area contributed by atoms with Crippen LogP contribution in [0.2, 0.25) is 0 Å². The van der Waals surface area contributed by atoms with Gasteiger partial charge in [-0.15, -0.1) is 0 Å². The number of aryl methyl sites for hydroxylation is 1. The van der Waals surface area contributed by atoms with Crippen molar-refractivity contribution in [1.82, 2.24) is 9.21 Å². The minimum Gasteiger partial charge on any atom is -0.497 e. The molecule has 0 radical (unpaired) electrons. The third kappa shape index (κ3) is 5.10. The number of carbonyl (C=O) groups excluding carboxylic acids is 1. The molecule has 9 heteroatoms. The van der Waals surface area contributed by atoms with Crippen LogP contribution in [0, 0.1) is 6.92 Å². The second-order valence-electron chi connectivity index (χ2n) is 7.11. The maximum atomic E-state index is 12.8. The molecule has 1 aliphatic heterocycles. The summed E-state index contributed by atoms with van der Waals surface area (Å²) in [4.78, 5) is 14.7. The van der Waals surface area contributed by atoms with Crippen molar-refractivity contribution >= 4 is 21.6 Å². The first-order valence-corrected chi connectivity index (χ1v) is 11.1. The molecule has 1 saturated heterocycles. The van der Waals surface area contributed by atoms with E-state index in [0.717, 1.165) is 5.56 Å². The number of amides is 1. The third-order valence-corrected chi connectivity index (χ3v) is 6.95. The summed E-state index contributed by atoms with van der Waals surface area (Å²) in [6.07, 6.45) is 0. The first-order chi connectivity index (χ1) is 14.3. The van der Waals surface area contributed by atoms with Crippen LogP contribution >= 0.6 is 0 Å². The molecule has 0 atom stereocenters. The number of piperazine rings is 1. The van der Waals surface area contributed by atoms with Crippen LogP contribution in [-0.2, 0) is 14.8 Å². The largest absolute Gasteiger partial charge is 0.497 e. The number of hydrogen-bond acceptors (Lipinski definition) is 6. The zero-order valence-corrected chi connectivity index (χ0v) is 18.2. The van der Waals surface area contributed by atoms with Crippen molar-refractivity contribution in [3.05, 3.63) is 48.0 Å². The molecule has 30 heavy (non-hydrogen) atoms. The Labute approximate surface area is 177 Å². The lowest BCUT2D eigenvalue weighted by Crippen LogP contribution is -2.50. The molecule has 1 amide bonds. The van der Waals surface area contributed by atoms with Crippen molar-refractivity contribution in [2.45, 2.75) is 11.8 Å². The van der Waals surface area contributed by atoms with Crippen LogP contribution in [0.15, 0.2) is 47.4 Å². The highest BCUT2D eigenvalue weighted by molar-refractivity contribution is 7.89. The molecule has 0 saturated carbocycles. The smallest absolute Gasteiger partial charge is 0.243 e. The first-order valence-electron chi connectivity index (χ1n) is 9.64. The van der Waals surface area contributed by atoms with Crippen molar-refractivity contribution in [3.8, 4) is 11.5 Å². The Morgan fingerprint density at radius 2 is 1.67 bits per heavy atom. The SMILES string of the molecule is COc1ccc(OC)c(NC(=O)CN2CCN(S(=O)(=O)c3ccc(C)cc3)CC2)c1. The summed E-state index contributed by atoms with van der Waals surface area (Å²) in [6.45, 7) is 3.72. The van der Waals surface area contributed by atoms with E-state index >= 15 is 0 Å². The van der Waals surface area contributed by atoms with Gasteiger partial charge in [-0.3, -0.25) is 9.69 Å². The van der Waals surface area contributed by atoms with Gasteiger partial charge in [-0.25, -0.2) is 8.42 Å². The van der Waals surface area contributed by atoms with Crippen LogP contribution in [-0.4, -0.2) is 70.5 Å². The minimum atomic E-state index is -3.52. The van der Waals surface area contributed by atoms with Crippen LogP contribution in [0.3, 0.4) is 0 Å². The minimum absolute atomic E-state index is 0.165. The second kappa shape index (κ2) is 9.46. The van der Waals surface area contributed by atoms with Gasteiger partial charge in [0.05, 0.1) is 31.3 Å². The second-order valence-corrected chi connectivity index (χ2v) is 9.05.